The van der Waals surface area contributed by atoms with Crippen molar-refractivity contribution >= 4 is 0 Å². The van der Waals surface area contributed by atoms with Gasteiger partial charge in [0.1, 0.15) is 0 Å². The van der Waals surface area contributed by atoms with E-state index in [4.69, 9.17) is 4.74 Å². The molecule has 0 radical (unpaired) electrons. The fourth-order valence-electron chi connectivity index (χ4n) is 3.71. The quantitative estimate of drug-likeness (QED) is 0.756. The molecule has 0 bridgehead atoms. The van der Waals surface area contributed by atoms with Crippen molar-refractivity contribution in [2.24, 2.45) is 0 Å². The van der Waals surface area contributed by atoms with Gasteiger partial charge in [0, 0.05) is 24.7 Å². The summed E-state index contributed by atoms with van der Waals surface area (Å²) in [4.78, 5) is 2.51. The molecule has 0 amide bonds. The molecule has 4 heteroatoms. The predicted octanol–water partition coefficient (Wildman–Crippen LogP) is 2.16. The molecule has 21 heavy (non-hydrogen) atoms. The minimum atomic E-state index is -0.113. The Kier molecular flexibility index (Phi) is 5.04. The summed E-state index contributed by atoms with van der Waals surface area (Å²) in [7, 11) is 0. The minimum Gasteiger partial charge on any atom is -0.394 e. The number of aliphatic hydroxyl groups is 1. The van der Waals surface area contributed by atoms with E-state index >= 15 is 0 Å². The first-order chi connectivity index (χ1) is 9.63. The van der Waals surface area contributed by atoms with E-state index in [-0.39, 0.29) is 23.3 Å². The topological polar surface area (TPSA) is 44.7 Å². The summed E-state index contributed by atoms with van der Waals surface area (Å²) in [6.45, 7) is 14.1. The van der Waals surface area contributed by atoms with Crippen LogP contribution in [0.5, 0.6) is 0 Å². The van der Waals surface area contributed by atoms with Crippen molar-refractivity contribution in [1.29, 1.82) is 0 Å². The van der Waals surface area contributed by atoms with E-state index in [1.165, 1.54) is 12.8 Å². The molecule has 1 aliphatic carbocycles. The maximum Gasteiger partial charge on any atom is 0.0760 e. The van der Waals surface area contributed by atoms with Gasteiger partial charge in [0.05, 0.1) is 17.8 Å². The van der Waals surface area contributed by atoms with Gasteiger partial charge >= 0.3 is 0 Å². The Hall–Kier alpha value is -0.160. The van der Waals surface area contributed by atoms with Crippen LogP contribution in [0.3, 0.4) is 0 Å². The van der Waals surface area contributed by atoms with Crippen LogP contribution in [-0.2, 0) is 4.74 Å². The van der Waals surface area contributed by atoms with Crippen LogP contribution in [0, 0.1) is 0 Å². The maximum atomic E-state index is 9.67. The van der Waals surface area contributed by atoms with Crippen molar-refractivity contribution in [3.63, 3.8) is 0 Å². The van der Waals surface area contributed by atoms with Gasteiger partial charge in [-0.1, -0.05) is 0 Å². The summed E-state index contributed by atoms with van der Waals surface area (Å²) in [5.74, 6) is 0. The molecular formula is C17H34N2O2. The highest BCUT2D eigenvalue weighted by Gasteiger charge is 2.38. The van der Waals surface area contributed by atoms with Crippen molar-refractivity contribution in [3.05, 3.63) is 0 Å². The van der Waals surface area contributed by atoms with Gasteiger partial charge in [-0.3, -0.25) is 4.90 Å². The van der Waals surface area contributed by atoms with Crippen LogP contribution < -0.4 is 5.32 Å². The Bertz CT molecular complexity index is 337. The van der Waals surface area contributed by atoms with E-state index in [0.717, 1.165) is 32.5 Å². The average Bonchev–Trinajstić information content (AvgIpc) is 3.08. The van der Waals surface area contributed by atoms with E-state index in [1.807, 2.05) is 0 Å². The smallest absolute Gasteiger partial charge is 0.0760 e. The van der Waals surface area contributed by atoms with Crippen LogP contribution >= 0.6 is 0 Å². The Morgan fingerprint density at radius 1 is 1.19 bits per heavy atom. The average molecular weight is 298 g/mol. The SMILES string of the molecule is CC(CO)(CCCN1CC(C)(C)OC(C)(C)C1)NC1CC1. The van der Waals surface area contributed by atoms with Crippen molar-refractivity contribution in [2.45, 2.75) is 83.1 Å². The van der Waals surface area contributed by atoms with Crippen LogP contribution in [-0.4, -0.2) is 59.0 Å². The molecule has 1 saturated heterocycles. The highest BCUT2D eigenvalue weighted by molar-refractivity contribution is 4.93. The molecule has 1 aliphatic heterocycles. The second kappa shape index (κ2) is 6.15. The fraction of sp³-hybridized carbons (Fsp3) is 1.00. The summed E-state index contributed by atoms with van der Waals surface area (Å²) in [6, 6.07) is 0.642. The first-order valence-electron chi connectivity index (χ1n) is 8.44. The largest absolute Gasteiger partial charge is 0.394 e. The molecule has 2 rings (SSSR count). The number of aliphatic hydroxyl groups excluding tert-OH is 1. The lowest BCUT2D eigenvalue weighted by atomic mass is 9.95. The predicted molar refractivity (Wildman–Crippen MR) is 86.6 cm³/mol. The molecule has 0 spiro atoms. The van der Waals surface area contributed by atoms with Crippen LogP contribution in [0.2, 0.25) is 0 Å². The molecule has 2 fully saturated rings. The first kappa shape index (κ1) is 17.2. The van der Waals surface area contributed by atoms with Gasteiger partial charge in [-0.2, -0.15) is 0 Å². The third-order valence-electron chi connectivity index (χ3n) is 4.44. The third kappa shape index (κ3) is 5.51. The zero-order valence-electron chi connectivity index (χ0n) is 14.5. The molecule has 0 aromatic heterocycles. The molecular weight excluding hydrogens is 264 g/mol. The number of morpholine rings is 1. The third-order valence-corrected chi connectivity index (χ3v) is 4.44. The van der Waals surface area contributed by atoms with Crippen molar-refractivity contribution in [3.8, 4) is 0 Å². The Labute approximate surface area is 130 Å². The van der Waals surface area contributed by atoms with Crippen LogP contribution in [0.15, 0.2) is 0 Å². The Morgan fingerprint density at radius 2 is 1.76 bits per heavy atom. The maximum absolute atomic E-state index is 9.67. The number of hydrogen-bond donors (Lipinski definition) is 2. The molecule has 2 aliphatic rings. The zero-order valence-corrected chi connectivity index (χ0v) is 14.5. The lowest BCUT2D eigenvalue weighted by molar-refractivity contribution is -0.180. The second-order valence-electron chi connectivity index (χ2n) is 8.57. The zero-order chi connectivity index (χ0) is 15.7. The van der Waals surface area contributed by atoms with Gasteiger partial charge in [0.15, 0.2) is 0 Å². The summed E-state index contributed by atoms with van der Waals surface area (Å²) >= 11 is 0. The number of rotatable bonds is 7. The normalized spacial score (nSPS) is 28.3. The summed E-state index contributed by atoms with van der Waals surface area (Å²) in [6.07, 6.45) is 4.67. The Morgan fingerprint density at radius 3 is 2.24 bits per heavy atom. The minimum absolute atomic E-state index is 0.0751. The van der Waals surface area contributed by atoms with Crippen molar-refractivity contribution < 1.29 is 9.84 Å². The van der Waals surface area contributed by atoms with E-state index in [0.29, 0.717) is 6.04 Å². The van der Waals surface area contributed by atoms with E-state index in [1.54, 1.807) is 0 Å². The number of nitrogens with one attached hydrogen (secondary N) is 1. The molecule has 1 heterocycles. The molecule has 124 valence electrons. The van der Waals surface area contributed by atoms with Gasteiger partial charge in [0.2, 0.25) is 0 Å². The molecule has 0 aromatic carbocycles. The molecule has 2 N–H and O–H groups in total. The van der Waals surface area contributed by atoms with E-state index < -0.39 is 0 Å². The van der Waals surface area contributed by atoms with E-state index in [9.17, 15) is 5.11 Å². The van der Waals surface area contributed by atoms with Crippen molar-refractivity contribution in [2.75, 3.05) is 26.2 Å². The van der Waals surface area contributed by atoms with Gasteiger partial charge < -0.3 is 15.2 Å². The van der Waals surface area contributed by atoms with Gasteiger partial charge in [-0.05, 0) is 66.8 Å². The lowest BCUT2D eigenvalue weighted by Crippen LogP contribution is -2.57. The summed E-state index contributed by atoms with van der Waals surface area (Å²) in [5.41, 5.74) is -0.263. The summed E-state index contributed by atoms with van der Waals surface area (Å²) in [5, 5.41) is 13.3. The monoisotopic (exact) mass is 298 g/mol. The number of ether oxygens (including phenoxy) is 1. The molecule has 0 aromatic rings. The van der Waals surface area contributed by atoms with Crippen LogP contribution in [0.1, 0.15) is 60.3 Å². The highest BCUT2D eigenvalue weighted by atomic mass is 16.5. The van der Waals surface area contributed by atoms with Gasteiger partial charge in [0.25, 0.3) is 0 Å². The van der Waals surface area contributed by atoms with Crippen molar-refractivity contribution in [1.82, 2.24) is 10.2 Å². The number of nitrogens with zero attached hydrogens (tertiary/aromatic N) is 1. The molecule has 1 saturated carbocycles. The summed E-state index contributed by atoms with van der Waals surface area (Å²) < 4.78 is 6.13. The first-order valence-corrected chi connectivity index (χ1v) is 8.44. The van der Waals surface area contributed by atoms with Crippen LogP contribution in [0.4, 0.5) is 0 Å². The second-order valence-corrected chi connectivity index (χ2v) is 8.57. The number of hydrogen-bond acceptors (Lipinski definition) is 4. The lowest BCUT2D eigenvalue weighted by Gasteiger charge is -2.47. The molecule has 1 unspecified atom stereocenters. The van der Waals surface area contributed by atoms with Gasteiger partial charge in [-0.25, -0.2) is 0 Å². The van der Waals surface area contributed by atoms with Crippen LogP contribution in [0.25, 0.3) is 0 Å². The fourth-order valence-corrected chi connectivity index (χ4v) is 3.71. The molecule has 1 atom stereocenters. The standard InChI is InChI=1S/C17H34N2O2/c1-15(2)11-19(12-16(3,4)21-15)10-6-9-17(5,13-20)18-14-7-8-14/h14,18,20H,6-13H2,1-5H3. The Balaban J connectivity index is 1.79. The van der Waals surface area contributed by atoms with Gasteiger partial charge in [-0.15, -0.1) is 0 Å². The van der Waals surface area contributed by atoms with E-state index in [2.05, 4.69) is 44.8 Å². The highest BCUT2D eigenvalue weighted by Crippen LogP contribution is 2.29. The molecule has 4 nitrogen and oxygen atoms in total.